The minimum absolute atomic E-state index is 0.236. The molecule has 0 aromatic rings. The van der Waals surface area contributed by atoms with E-state index in [1.807, 2.05) is 7.05 Å². The van der Waals surface area contributed by atoms with Gasteiger partial charge in [-0.15, -0.1) is 0 Å². The Balaban J connectivity index is 2.08. The van der Waals surface area contributed by atoms with Gasteiger partial charge in [-0.05, 0) is 58.4 Å². The second-order valence-corrected chi connectivity index (χ2v) is 4.56. The number of alkyl halides is 3. The molecule has 16 heavy (non-hydrogen) atoms. The molecule has 1 heterocycles. The summed E-state index contributed by atoms with van der Waals surface area (Å²) in [7, 11) is 1.94. The highest BCUT2D eigenvalue weighted by atomic mass is 19.4. The van der Waals surface area contributed by atoms with E-state index in [1.165, 1.54) is 0 Å². The summed E-state index contributed by atoms with van der Waals surface area (Å²) in [6.07, 6.45) is -2.20. The Bertz CT molecular complexity index is 186. The highest BCUT2D eigenvalue weighted by Gasteiger charge is 2.27. The van der Waals surface area contributed by atoms with E-state index >= 15 is 0 Å². The highest BCUT2D eigenvalue weighted by Crippen LogP contribution is 2.22. The average molecular weight is 238 g/mol. The number of halogens is 3. The van der Waals surface area contributed by atoms with Crippen molar-refractivity contribution in [2.24, 2.45) is 5.92 Å². The summed E-state index contributed by atoms with van der Waals surface area (Å²) in [4.78, 5) is 2.15. The highest BCUT2D eigenvalue weighted by molar-refractivity contribution is 4.73. The first kappa shape index (κ1) is 13.8. The maximum absolute atomic E-state index is 11.9. The van der Waals surface area contributed by atoms with Crippen LogP contribution in [-0.4, -0.2) is 44.3 Å². The third kappa shape index (κ3) is 5.70. The first-order valence-corrected chi connectivity index (χ1v) is 5.95. The first-order chi connectivity index (χ1) is 7.51. The van der Waals surface area contributed by atoms with Gasteiger partial charge in [-0.25, -0.2) is 0 Å². The molecule has 0 unspecified atom stereocenters. The molecule has 5 heteroatoms. The van der Waals surface area contributed by atoms with Gasteiger partial charge in [0.1, 0.15) is 0 Å². The van der Waals surface area contributed by atoms with E-state index in [2.05, 4.69) is 10.2 Å². The molecule has 1 aliphatic heterocycles. The van der Waals surface area contributed by atoms with Crippen molar-refractivity contribution in [3.8, 4) is 0 Å². The quantitative estimate of drug-likeness (QED) is 0.790. The van der Waals surface area contributed by atoms with Gasteiger partial charge in [-0.1, -0.05) is 0 Å². The maximum Gasteiger partial charge on any atom is 0.389 e. The molecule has 1 aliphatic rings. The fraction of sp³-hybridized carbons (Fsp3) is 1.00. The van der Waals surface area contributed by atoms with Gasteiger partial charge in [0.05, 0.1) is 0 Å². The van der Waals surface area contributed by atoms with Crippen molar-refractivity contribution >= 4 is 0 Å². The van der Waals surface area contributed by atoms with Crippen LogP contribution in [0.2, 0.25) is 0 Å². The predicted molar refractivity (Wildman–Crippen MR) is 58.4 cm³/mol. The maximum atomic E-state index is 11.9. The normalized spacial score (nSPS) is 20.2. The van der Waals surface area contributed by atoms with E-state index in [-0.39, 0.29) is 6.42 Å². The van der Waals surface area contributed by atoms with Gasteiger partial charge in [0.15, 0.2) is 0 Å². The Labute approximate surface area is 95.2 Å². The van der Waals surface area contributed by atoms with Crippen molar-refractivity contribution in [2.75, 3.05) is 33.2 Å². The number of nitrogens with one attached hydrogen (secondary N) is 1. The number of hydrogen-bond donors (Lipinski definition) is 1. The van der Waals surface area contributed by atoms with Crippen LogP contribution in [0.5, 0.6) is 0 Å². The van der Waals surface area contributed by atoms with Crippen LogP contribution in [0.3, 0.4) is 0 Å². The molecular formula is C11H21F3N2. The summed E-state index contributed by atoms with van der Waals surface area (Å²) in [5.74, 6) is 0.698. The molecule has 0 spiro atoms. The summed E-state index contributed by atoms with van der Waals surface area (Å²) in [5, 5.41) is 3.15. The molecule has 1 N–H and O–H groups in total. The van der Waals surface area contributed by atoms with Gasteiger partial charge >= 0.3 is 6.18 Å². The van der Waals surface area contributed by atoms with Crippen LogP contribution in [0.25, 0.3) is 0 Å². The SMILES string of the molecule is CNCC1CCN(CCCC(F)(F)F)CC1. The van der Waals surface area contributed by atoms with Crippen LogP contribution in [0.1, 0.15) is 25.7 Å². The number of rotatable bonds is 5. The summed E-state index contributed by atoms with van der Waals surface area (Å²) in [5.41, 5.74) is 0. The molecule has 96 valence electrons. The van der Waals surface area contributed by atoms with Crippen LogP contribution >= 0.6 is 0 Å². The Morgan fingerprint density at radius 3 is 2.38 bits per heavy atom. The number of hydrogen-bond acceptors (Lipinski definition) is 2. The van der Waals surface area contributed by atoms with Crippen molar-refractivity contribution in [1.82, 2.24) is 10.2 Å². The number of nitrogens with zero attached hydrogens (tertiary/aromatic N) is 1. The molecule has 0 aromatic heterocycles. The lowest BCUT2D eigenvalue weighted by atomic mass is 9.97. The fourth-order valence-electron chi connectivity index (χ4n) is 2.21. The molecule has 0 saturated carbocycles. The second-order valence-electron chi connectivity index (χ2n) is 4.56. The van der Waals surface area contributed by atoms with Crippen molar-refractivity contribution in [3.05, 3.63) is 0 Å². The van der Waals surface area contributed by atoms with Crippen molar-refractivity contribution in [2.45, 2.75) is 31.9 Å². The van der Waals surface area contributed by atoms with E-state index in [9.17, 15) is 13.2 Å². The lowest BCUT2D eigenvalue weighted by Crippen LogP contribution is -2.37. The monoisotopic (exact) mass is 238 g/mol. The third-order valence-electron chi connectivity index (χ3n) is 3.13. The topological polar surface area (TPSA) is 15.3 Å². The number of likely N-dealkylation sites (tertiary alicyclic amines) is 1. The smallest absolute Gasteiger partial charge is 0.319 e. The Morgan fingerprint density at radius 2 is 1.88 bits per heavy atom. The second kappa shape index (κ2) is 6.45. The van der Waals surface area contributed by atoms with Gasteiger partial charge in [-0.2, -0.15) is 13.2 Å². The standard InChI is InChI=1S/C11H21F3N2/c1-15-9-10-3-7-16(8-4-10)6-2-5-11(12,13)14/h10,15H,2-9H2,1H3. The van der Waals surface area contributed by atoms with Gasteiger partial charge in [-0.3, -0.25) is 0 Å². The lowest BCUT2D eigenvalue weighted by molar-refractivity contribution is -0.136. The van der Waals surface area contributed by atoms with Crippen LogP contribution in [0.4, 0.5) is 13.2 Å². The van der Waals surface area contributed by atoms with Crippen molar-refractivity contribution in [1.29, 1.82) is 0 Å². The predicted octanol–water partition coefficient (Wildman–Crippen LogP) is 2.26. The minimum atomic E-state index is -4.00. The van der Waals surface area contributed by atoms with E-state index in [0.29, 0.717) is 12.5 Å². The zero-order valence-electron chi connectivity index (χ0n) is 9.82. The van der Waals surface area contributed by atoms with Crippen LogP contribution < -0.4 is 5.32 Å². The van der Waals surface area contributed by atoms with Crippen LogP contribution in [0.15, 0.2) is 0 Å². The lowest BCUT2D eigenvalue weighted by Gasteiger charge is -2.31. The van der Waals surface area contributed by atoms with E-state index < -0.39 is 12.6 Å². The third-order valence-corrected chi connectivity index (χ3v) is 3.13. The largest absolute Gasteiger partial charge is 0.389 e. The van der Waals surface area contributed by atoms with Crippen molar-refractivity contribution < 1.29 is 13.2 Å². The fourth-order valence-corrected chi connectivity index (χ4v) is 2.21. The molecule has 0 aromatic carbocycles. The molecule has 1 rings (SSSR count). The zero-order valence-corrected chi connectivity index (χ0v) is 9.82. The molecule has 1 fully saturated rings. The van der Waals surface area contributed by atoms with Gasteiger partial charge in [0, 0.05) is 6.42 Å². The van der Waals surface area contributed by atoms with Gasteiger partial charge in [0.2, 0.25) is 0 Å². The molecule has 0 atom stereocenters. The summed E-state index contributed by atoms with van der Waals surface area (Å²) < 4.78 is 35.8. The van der Waals surface area contributed by atoms with Crippen LogP contribution in [-0.2, 0) is 0 Å². The van der Waals surface area contributed by atoms with Crippen molar-refractivity contribution in [3.63, 3.8) is 0 Å². The molecule has 0 radical (unpaired) electrons. The Morgan fingerprint density at radius 1 is 1.25 bits per heavy atom. The summed E-state index contributed by atoms with van der Waals surface area (Å²) >= 11 is 0. The molecule has 2 nitrogen and oxygen atoms in total. The van der Waals surface area contributed by atoms with E-state index in [1.54, 1.807) is 0 Å². The van der Waals surface area contributed by atoms with Crippen LogP contribution in [0, 0.1) is 5.92 Å². The average Bonchev–Trinajstić information content (AvgIpc) is 2.19. The Hall–Kier alpha value is -0.290. The molecule has 0 aliphatic carbocycles. The zero-order chi connectivity index (χ0) is 12.0. The summed E-state index contributed by atoms with van der Waals surface area (Å²) in [6, 6.07) is 0. The number of piperidine rings is 1. The molecule has 1 saturated heterocycles. The van der Waals surface area contributed by atoms with Gasteiger partial charge in [0.25, 0.3) is 0 Å². The minimum Gasteiger partial charge on any atom is -0.319 e. The first-order valence-electron chi connectivity index (χ1n) is 5.95. The summed E-state index contributed by atoms with van der Waals surface area (Å²) in [6.45, 7) is 3.51. The molecule has 0 bridgehead atoms. The van der Waals surface area contributed by atoms with E-state index in [0.717, 1.165) is 32.5 Å². The van der Waals surface area contributed by atoms with Gasteiger partial charge < -0.3 is 10.2 Å². The molecular weight excluding hydrogens is 217 g/mol. The van der Waals surface area contributed by atoms with E-state index in [4.69, 9.17) is 0 Å². The Kier molecular flexibility index (Phi) is 5.55. The molecule has 0 amide bonds.